The fourth-order valence-electron chi connectivity index (χ4n) is 4.13. The lowest BCUT2D eigenvalue weighted by Gasteiger charge is -2.16. The smallest absolute Gasteiger partial charge is 0.394 e. The molecule has 5 rings (SSSR count). The third-order valence-electron chi connectivity index (χ3n) is 6.11. The Hall–Kier alpha value is -3.34. The van der Waals surface area contributed by atoms with E-state index in [1.54, 1.807) is 0 Å². The number of fused-ring (bicyclic) bond motifs is 1. The number of phosphoric acid groups is 1. The summed E-state index contributed by atoms with van der Waals surface area (Å²) in [5.74, 6) is -0.123. The second kappa shape index (κ2) is 11.9. The molecule has 3 aromatic heterocycles. The van der Waals surface area contributed by atoms with Crippen LogP contribution in [0.4, 0.5) is 11.8 Å². The third kappa shape index (κ3) is 6.45. The molecule has 0 spiro atoms. The van der Waals surface area contributed by atoms with Gasteiger partial charge in [0.25, 0.3) is 5.56 Å². The van der Waals surface area contributed by atoms with Gasteiger partial charge >= 0.3 is 13.5 Å². The molecule has 226 valence electrons. The molecule has 0 bridgehead atoms. The Balaban J connectivity index is 0.000000201. The van der Waals surface area contributed by atoms with E-state index in [1.807, 2.05) is 0 Å². The van der Waals surface area contributed by atoms with Crippen LogP contribution in [0.3, 0.4) is 0 Å². The standard InChI is InChI=1S/C10H14N5O8P.C9H13N3O5/c11-10-13-7-4(8(18)14-10)12-2-15(7)9-6(17)5(16)3(23-9)1-22-24(19,20)21;10-5-1-2-12(9(16)11-5)8-7(15)6(14)4(3-13)17-8/h2-3,5-6,9,16-17H,1H2,(H2,19,20,21)(H3,11,13,14,18);1-2,4,6-8,13-15H,3H2,(H2,10,11,16)/t3-,5-,6-,9-;4-,6-,7-,8-/m11/s1. The van der Waals surface area contributed by atoms with Crippen LogP contribution in [0.1, 0.15) is 12.5 Å². The van der Waals surface area contributed by atoms with Crippen LogP contribution in [0.5, 0.6) is 0 Å². The first kappa shape index (κ1) is 30.6. The van der Waals surface area contributed by atoms with Crippen molar-refractivity contribution in [2.24, 2.45) is 0 Å². The third-order valence-corrected chi connectivity index (χ3v) is 6.60. The summed E-state index contributed by atoms with van der Waals surface area (Å²) in [6.45, 7) is -1.10. The summed E-state index contributed by atoms with van der Waals surface area (Å²) >= 11 is 0. The quantitative estimate of drug-likeness (QED) is 0.117. The number of ether oxygens (including phenoxy) is 2. The van der Waals surface area contributed by atoms with Crippen molar-refractivity contribution in [3.63, 3.8) is 0 Å². The van der Waals surface area contributed by atoms with Crippen LogP contribution in [-0.4, -0.2) is 114 Å². The fraction of sp³-hybridized carbons (Fsp3) is 0.526. The molecule has 3 aromatic rings. The van der Waals surface area contributed by atoms with Gasteiger partial charge in [-0.1, -0.05) is 0 Å². The normalized spacial score (nSPS) is 29.9. The van der Waals surface area contributed by atoms with Crippen LogP contribution in [0, 0.1) is 0 Å². The van der Waals surface area contributed by atoms with E-state index in [2.05, 4.69) is 24.5 Å². The van der Waals surface area contributed by atoms with Crippen molar-refractivity contribution in [2.75, 3.05) is 24.7 Å². The summed E-state index contributed by atoms with van der Waals surface area (Å²) in [5, 5.41) is 48.2. The lowest BCUT2D eigenvalue weighted by atomic mass is 10.1. The van der Waals surface area contributed by atoms with Crippen molar-refractivity contribution in [1.82, 2.24) is 29.1 Å². The highest BCUT2D eigenvalue weighted by molar-refractivity contribution is 7.46. The maximum Gasteiger partial charge on any atom is 0.469 e. The molecule has 0 amide bonds. The highest BCUT2D eigenvalue weighted by Crippen LogP contribution is 2.38. The lowest BCUT2D eigenvalue weighted by Crippen LogP contribution is -2.36. The van der Waals surface area contributed by atoms with E-state index in [-0.39, 0.29) is 22.9 Å². The number of hydrogen-bond acceptors (Lipinski definition) is 16. The summed E-state index contributed by atoms with van der Waals surface area (Å²) in [6, 6.07) is 1.37. The largest absolute Gasteiger partial charge is 0.469 e. The van der Waals surface area contributed by atoms with Gasteiger partial charge in [-0.15, -0.1) is 0 Å². The summed E-state index contributed by atoms with van der Waals surface area (Å²) in [6.07, 6.45) is -7.48. The van der Waals surface area contributed by atoms with Crippen molar-refractivity contribution in [2.45, 2.75) is 49.1 Å². The minimum absolute atomic E-state index is 0.0176. The predicted octanol–water partition coefficient (Wildman–Crippen LogP) is -5.13. The molecular formula is C19H27N8O13P. The number of aliphatic hydroxyl groups is 5. The van der Waals surface area contributed by atoms with Crippen LogP contribution in [0.25, 0.3) is 11.2 Å². The molecule has 0 aliphatic carbocycles. The number of aromatic nitrogens is 6. The van der Waals surface area contributed by atoms with E-state index < -0.39 is 81.4 Å². The molecular weight excluding hydrogens is 579 g/mol. The number of nitrogens with one attached hydrogen (secondary N) is 1. The maximum absolute atomic E-state index is 11.7. The number of phosphoric ester groups is 1. The van der Waals surface area contributed by atoms with Crippen LogP contribution in [-0.2, 0) is 18.6 Å². The van der Waals surface area contributed by atoms with E-state index in [0.29, 0.717) is 0 Å². The molecule has 41 heavy (non-hydrogen) atoms. The molecule has 0 saturated carbocycles. The van der Waals surface area contributed by atoms with Gasteiger partial charge in [0, 0.05) is 6.20 Å². The van der Waals surface area contributed by atoms with Gasteiger partial charge in [0.1, 0.15) is 42.4 Å². The van der Waals surface area contributed by atoms with Gasteiger partial charge in [-0.2, -0.15) is 9.97 Å². The van der Waals surface area contributed by atoms with Crippen molar-refractivity contribution >= 4 is 30.8 Å². The first-order valence-corrected chi connectivity index (χ1v) is 13.2. The molecule has 22 heteroatoms. The summed E-state index contributed by atoms with van der Waals surface area (Å²) < 4.78 is 27.8. The van der Waals surface area contributed by atoms with Gasteiger partial charge in [-0.05, 0) is 6.07 Å². The van der Waals surface area contributed by atoms with E-state index >= 15 is 0 Å². The Morgan fingerprint density at radius 3 is 2.17 bits per heavy atom. The number of anilines is 2. The molecule has 2 saturated heterocycles. The zero-order valence-corrected chi connectivity index (χ0v) is 21.6. The van der Waals surface area contributed by atoms with Crippen molar-refractivity contribution in [1.29, 1.82) is 0 Å². The second-order valence-corrected chi connectivity index (χ2v) is 10.1. The van der Waals surface area contributed by atoms with Crippen LogP contribution < -0.4 is 22.7 Å². The predicted molar refractivity (Wildman–Crippen MR) is 132 cm³/mol. The van der Waals surface area contributed by atoms with E-state index in [9.17, 15) is 34.6 Å². The summed E-state index contributed by atoms with van der Waals surface area (Å²) in [4.78, 5) is 54.1. The average Bonchev–Trinajstić information content (AvgIpc) is 3.53. The number of hydrogen-bond donors (Lipinski definition) is 10. The Bertz CT molecular complexity index is 1540. The Labute approximate surface area is 227 Å². The molecule has 2 aliphatic rings. The number of nitrogen functional groups attached to an aromatic ring is 2. The molecule has 0 aromatic carbocycles. The molecule has 8 atom stereocenters. The Morgan fingerprint density at radius 1 is 0.976 bits per heavy atom. The number of nitrogens with zero attached hydrogens (tertiary/aromatic N) is 5. The molecule has 2 fully saturated rings. The second-order valence-electron chi connectivity index (χ2n) is 8.88. The van der Waals surface area contributed by atoms with Gasteiger partial charge in [-0.25, -0.2) is 14.3 Å². The van der Waals surface area contributed by atoms with E-state index in [0.717, 1.165) is 4.57 Å². The van der Waals surface area contributed by atoms with Gasteiger partial charge in [0.2, 0.25) is 5.95 Å². The number of aromatic amines is 1. The molecule has 0 unspecified atom stereocenters. The molecule has 21 nitrogen and oxygen atoms in total. The number of nitrogens with two attached hydrogens (primary N) is 2. The van der Waals surface area contributed by atoms with Crippen LogP contribution >= 0.6 is 7.82 Å². The van der Waals surface area contributed by atoms with Crippen molar-refractivity contribution in [3.8, 4) is 0 Å². The minimum Gasteiger partial charge on any atom is -0.394 e. The first-order valence-electron chi connectivity index (χ1n) is 11.6. The highest BCUT2D eigenvalue weighted by Gasteiger charge is 2.45. The highest BCUT2D eigenvalue weighted by atomic mass is 31.2. The fourth-order valence-corrected chi connectivity index (χ4v) is 4.47. The first-order chi connectivity index (χ1) is 19.2. The number of rotatable bonds is 6. The maximum atomic E-state index is 11.7. The van der Waals surface area contributed by atoms with Gasteiger partial charge < -0.3 is 56.3 Å². The van der Waals surface area contributed by atoms with Crippen molar-refractivity contribution < 1.29 is 53.9 Å². The van der Waals surface area contributed by atoms with Crippen LogP contribution in [0.15, 0.2) is 28.2 Å². The number of H-pyrrole nitrogens is 1. The molecule has 2 aliphatic heterocycles. The molecule has 0 radical (unpaired) electrons. The lowest BCUT2D eigenvalue weighted by molar-refractivity contribution is -0.0549. The molecule has 5 heterocycles. The van der Waals surface area contributed by atoms with Gasteiger partial charge in [0.05, 0.1) is 19.5 Å². The van der Waals surface area contributed by atoms with Gasteiger partial charge in [-0.3, -0.25) is 23.4 Å². The molecule has 12 N–H and O–H groups in total. The average molecular weight is 606 g/mol. The minimum atomic E-state index is -4.76. The van der Waals surface area contributed by atoms with E-state index in [1.165, 1.54) is 23.2 Å². The Kier molecular flexibility index (Phi) is 8.87. The monoisotopic (exact) mass is 606 g/mol. The SMILES string of the molecule is Nc1ccn([C@@H]2O[C@H](CO)[C@@H](O)[C@H]2O)c(=O)n1.Nc1nc2c(ncn2[C@@H]2O[C@H](COP(=O)(O)O)[C@@H](O)[C@H]2O)c(=O)[nH]1. The van der Waals surface area contributed by atoms with E-state index in [4.69, 9.17) is 35.8 Å². The zero-order valence-electron chi connectivity index (χ0n) is 20.7. The zero-order chi connectivity index (χ0) is 30.2. The number of aliphatic hydroxyl groups excluding tert-OH is 5. The Morgan fingerprint density at radius 2 is 1.59 bits per heavy atom. The topological polar surface area (TPSA) is 337 Å². The number of imidazole rings is 1. The van der Waals surface area contributed by atoms with Gasteiger partial charge in [0.15, 0.2) is 23.6 Å². The summed E-state index contributed by atoms with van der Waals surface area (Å²) in [5.41, 5.74) is 9.47. The summed E-state index contributed by atoms with van der Waals surface area (Å²) in [7, 11) is -4.76. The van der Waals surface area contributed by atoms with Crippen molar-refractivity contribution in [3.05, 3.63) is 39.4 Å². The van der Waals surface area contributed by atoms with Crippen LogP contribution in [0.2, 0.25) is 0 Å².